The second-order valence-corrected chi connectivity index (χ2v) is 4.91. The molecule has 2 unspecified atom stereocenters. The summed E-state index contributed by atoms with van der Waals surface area (Å²) in [7, 11) is 0. The maximum Gasteiger partial charge on any atom is 0.315 e. The van der Waals surface area contributed by atoms with E-state index in [4.69, 9.17) is 5.11 Å². The lowest BCUT2D eigenvalue weighted by Crippen LogP contribution is -2.49. The van der Waals surface area contributed by atoms with E-state index in [-0.39, 0.29) is 6.03 Å². The minimum atomic E-state index is -0.909. The number of hydrogen-bond acceptors (Lipinski definition) is 4. The van der Waals surface area contributed by atoms with Crippen LogP contribution in [0.2, 0.25) is 0 Å². The Morgan fingerprint density at radius 2 is 1.95 bits per heavy atom. The molecule has 0 aromatic carbocycles. The molecule has 2 amide bonds. The number of hydrogen-bond donors (Lipinski definition) is 4. The predicted octanol–water partition coefficient (Wildman–Crippen LogP) is -0.700. The van der Waals surface area contributed by atoms with Gasteiger partial charge in [0, 0.05) is 45.3 Å². The first-order chi connectivity index (χ1) is 9.00. The van der Waals surface area contributed by atoms with Crippen molar-refractivity contribution in [3.05, 3.63) is 0 Å². The molecule has 0 aromatic heterocycles. The number of carboxylic acids is 1. The SMILES string of the molecule is CC(NC(=O)NCCN1CCNCC1)C(C)C(=O)O. The van der Waals surface area contributed by atoms with Crippen molar-refractivity contribution in [2.45, 2.75) is 19.9 Å². The van der Waals surface area contributed by atoms with Crippen molar-refractivity contribution in [2.75, 3.05) is 39.3 Å². The molecule has 7 heteroatoms. The first-order valence-electron chi connectivity index (χ1n) is 6.71. The highest BCUT2D eigenvalue weighted by molar-refractivity contribution is 5.76. The Bertz CT molecular complexity index is 305. The molecular formula is C12H24N4O3. The Balaban J connectivity index is 2.15. The van der Waals surface area contributed by atoms with Gasteiger partial charge in [0.1, 0.15) is 0 Å². The van der Waals surface area contributed by atoms with Crippen LogP contribution in [-0.4, -0.2) is 67.3 Å². The number of carbonyl (C=O) groups excluding carboxylic acids is 1. The van der Waals surface area contributed by atoms with Gasteiger partial charge in [0.15, 0.2) is 0 Å². The molecule has 19 heavy (non-hydrogen) atoms. The number of aliphatic carboxylic acids is 1. The molecule has 1 aliphatic rings. The zero-order valence-corrected chi connectivity index (χ0v) is 11.6. The van der Waals surface area contributed by atoms with E-state index in [9.17, 15) is 9.59 Å². The van der Waals surface area contributed by atoms with E-state index < -0.39 is 17.9 Å². The van der Waals surface area contributed by atoms with Gasteiger partial charge in [0.25, 0.3) is 0 Å². The van der Waals surface area contributed by atoms with Gasteiger partial charge in [0.05, 0.1) is 5.92 Å². The van der Waals surface area contributed by atoms with Gasteiger partial charge in [-0.25, -0.2) is 4.79 Å². The highest BCUT2D eigenvalue weighted by Gasteiger charge is 2.20. The highest BCUT2D eigenvalue weighted by atomic mass is 16.4. The number of carboxylic acid groups (broad SMARTS) is 1. The third-order valence-electron chi connectivity index (χ3n) is 3.42. The fourth-order valence-corrected chi connectivity index (χ4v) is 1.86. The number of nitrogens with one attached hydrogen (secondary N) is 3. The third-order valence-corrected chi connectivity index (χ3v) is 3.42. The minimum absolute atomic E-state index is 0.310. The molecule has 1 aliphatic heterocycles. The minimum Gasteiger partial charge on any atom is -0.481 e. The summed E-state index contributed by atoms with van der Waals surface area (Å²) in [4.78, 5) is 24.6. The lowest BCUT2D eigenvalue weighted by molar-refractivity contribution is -0.141. The summed E-state index contributed by atoms with van der Waals surface area (Å²) >= 11 is 0. The Labute approximate surface area is 113 Å². The van der Waals surface area contributed by atoms with E-state index in [1.807, 2.05) is 0 Å². The fourth-order valence-electron chi connectivity index (χ4n) is 1.86. The molecule has 0 radical (unpaired) electrons. The quantitative estimate of drug-likeness (QED) is 0.513. The van der Waals surface area contributed by atoms with Crippen LogP contribution in [0.4, 0.5) is 4.79 Å². The number of carbonyl (C=O) groups is 2. The third kappa shape index (κ3) is 5.89. The molecule has 0 spiro atoms. The van der Waals surface area contributed by atoms with Gasteiger partial charge in [-0.1, -0.05) is 0 Å². The monoisotopic (exact) mass is 272 g/mol. The molecule has 7 nitrogen and oxygen atoms in total. The Kier molecular flexibility index (Phi) is 6.58. The van der Waals surface area contributed by atoms with Crippen molar-refractivity contribution in [1.82, 2.24) is 20.9 Å². The molecule has 0 bridgehead atoms. The second-order valence-electron chi connectivity index (χ2n) is 4.91. The van der Waals surface area contributed by atoms with Gasteiger partial charge in [-0.15, -0.1) is 0 Å². The maximum absolute atomic E-state index is 11.6. The van der Waals surface area contributed by atoms with Crippen molar-refractivity contribution in [2.24, 2.45) is 5.92 Å². The van der Waals surface area contributed by atoms with Crippen LogP contribution in [0, 0.1) is 5.92 Å². The number of piperazine rings is 1. The summed E-state index contributed by atoms with van der Waals surface area (Å²) in [6, 6.07) is -0.701. The van der Waals surface area contributed by atoms with Crippen molar-refractivity contribution in [3.63, 3.8) is 0 Å². The summed E-state index contributed by atoms with van der Waals surface area (Å²) in [5.41, 5.74) is 0. The van der Waals surface area contributed by atoms with Gasteiger partial charge in [-0.3, -0.25) is 9.69 Å². The number of amides is 2. The van der Waals surface area contributed by atoms with E-state index in [1.165, 1.54) is 0 Å². The lowest BCUT2D eigenvalue weighted by Gasteiger charge is -2.27. The van der Waals surface area contributed by atoms with Gasteiger partial charge < -0.3 is 21.1 Å². The molecule has 1 rings (SSSR count). The van der Waals surface area contributed by atoms with E-state index in [2.05, 4.69) is 20.9 Å². The van der Waals surface area contributed by atoms with Crippen LogP contribution in [0.5, 0.6) is 0 Å². The molecule has 1 fully saturated rings. The summed E-state index contributed by atoms with van der Waals surface area (Å²) < 4.78 is 0. The average molecular weight is 272 g/mol. The number of rotatable bonds is 6. The van der Waals surface area contributed by atoms with Gasteiger partial charge in [0.2, 0.25) is 0 Å². The smallest absolute Gasteiger partial charge is 0.315 e. The van der Waals surface area contributed by atoms with Crippen LogP contribution >= 0.6 is 0 Å². The van der Waals surface area contributed by atoms with Gasteiger partial charge in [-0.05, 0) is 13.8 Å². The van der Waals surface area contributed by atoms with E-state index in [0.717, 1.165) is 32.7 Å². The number of urea groups is 1. The Hall–Kier alpha value is -1.34. The normalized spacial score (nSPS) is 19.5. The summed E-state index contributed by atoms with van der Waals surface area (Å²) in [5, 5.41) is 17.5. The molecule has 0 aliphatic carbocycles. The molecule has 1 heterocycles. The predicted molar refractivity (Wildman–Crippen MR) is 72.1 cm³/mol. The van der Waals surface area contributed by atoms with Crippen molar-refractivity contribution in [1.29, 1.82) is 0 Å². The summed E-state index contributed by atoms with van der Waals surface area (Å²) in [5.74, 6) is -1.51. The van der Waals surface area contributed by atoms with Crippen LogP contribution in [0.1, 0.15) is 13.8 Å². The molecule has 110 valence electrons. The van der Waals surface area contributed by atoms with Crippen LogP contribution in [-0.2, 0) is 4.79 Å². The molecule has 0 aromatic rings. The largest absolute Gasteiger partial charge is 0.481 e. The molecule has 0 saturated carbocycles. The molecule has 4 N–H and O–H groups in total. The van der Waals surface area contributed by atoms with E-state index in [1.54, 1.807) is 13.8 Å². The molecule has 2 atom stereocenters. The summed E-state index contributed by atoms with van der Waals surface area (Å²) in [6.45, 7) is 8.62. The van der Waals surface area contributed by atoms with Crippen LogP contribution < -0.4 is 16.0 Å². The second kappa shape index (κ2) is 7.96. The van der Waals surface area contributed by atoms with Crippen LogP contribution in [0.15, 0.2) is 0 Å². The fraction of sp³-hybridized carbons (Fsp3) is 0.833. The zero-order chi connectivity index (χ0) is 14.3. The highest BCUT2D eigenvalue weighted by Crippen LogP contribution is 2.01. The summed E-state index contributed by atoms with van der Waals surface area (Å²) in [6.07, 6.45) is 0. The Morgan fingerprint density at radius 1 is 1.32 bits per heavy atom. The first kappa shape index (κ1) is 15.7. The van der Waals surface area contributed by atoms with E-state index in [0.29, 0.717) is 6.54 Å². The zero-order valence-electron chi connectivity index (χ0n) is 11.6. The molecule has 1 saturated heterocycles. The van der Waals surface area contributed by atoms with Crippen molar-refractivity contribution < 1.29 is 14.7 Å². The topological polar surface area (TPSA) is 93.7 Å². The van der Waals surface area contributed by atoms with Crippen LogP contribution in [0.3, 0.4) is 0 Å². The lowest BCUT2D eigenvalue weighted by atomic mass is 10.0. The first-order valence-corrected chi connectivity index (χ1v) is 6.71. The average Bonchev–Trinajstić information content (AvgIpc) is 2.38. The Morgan fingerprint density at radius 3 is 2.53 bits per heavy atom. The van der Waals surface area contributed by atoms with Crippen molar-refractivity contribution in [3.8, 4) is 0 Å². The van der Waals surface area contributed by atoms with Gasteiger partial charge >= 0.3 is 12.0 Å². The van der Waals surface area contributed by atoms with Crippen LogP contribution in [0.25, 0.3) is 0 Å². The molecular weight excluding hydrogens is 248 g/mol. The van der Waals surface area contributed by atoms with E-state index >= 15 is 0 Å². The number of nitrogens with zero attached hydrogens (tertiary/aromatic N) is 1. The maximum atomic E-state index is 11.6. The standard InChI is InChI=1S/C12H24N4O3/c1-9(11(17)18)10(2)15-12(19)14-5-8-16-6-3-13-4-7-16/h9-10,13H,3-8H2,1-2H3,(H,17,18)(H2,14,15,19). The van der Waals surface area contributed by atoms with Gasteiger partial charge in [-0.2, -0.15) is 0 Å². The van der Waals surface area contributed by atoms with Crippen molar-refractivity contribution >= 4 is 12.0 Å².